The summed E-state index contributed by atoms with van der Waals surface area (Å²) in [6, 6.07) is 15.2. The molecule has 0 aliphatic rings. The van der Waals surface area contributed by atoms with Gasteiger partial charge in [-0.3, -0.25) is 0 Å². The first-order valence-electron chi connectivity index (χ1n) is 9.68. The van der Waals surface area contributed by atoms with Gasteiger partial charge in [0.05, 0.1) is 12.8 Å². The zero-order valence-corrected chi connectivity index (χ0v) is 17.3. The van der Waals surface area contributed by atoms with Gasteiger partial charge in [-0.2, -0.15) is 4.98 Å². The lowest BCUT2D eigenvalue weighted by atomic mass is 10.2. The number of rotatable bonds is 10. The van der Waals surface area contributed by atoms with Crippen LogP contribution in [0.25, 0.3) is 0 Å². The van der Waals surface area contributed by atoms with Gasteiger partial charge in [0.25, 0.3) is 0 Å². The third-order valence-electron chi connectivity index (χ3n) is 3.99. The van der Waals surface area contributed by atoms with Crippen LogP contribution in [0.4, 0.5) is 33.2 Å². The molecule has 1 aromatic heterocycles. The van der Waals surface area contributed by atoms with Crippen LogP contribution in [0.1, 0.15) is 13.8 Å². The van der Waals surface area contributed by atoms with Gasteiger partial charge in [0.2, 0.25) is 5.95 Å². The Morgan fingerprint density at radius 2 is 1.73 bits per heavy atom. The van der Waals surface area contributed by atoms with E-state index in [-0.39, 0.29) is 11.8 Å². The van der Waals surface area contributed by atoms with Crippen LogP contribution in [-0.2, 0) is 4.74 Å². The number of nitrogens with zero attached hydrogens (tertiary/aromatic N) is 2. The zero-order valence-electron chi connectivity index (χ0n) is 17.3. The molecule has 0 unspecified atom stereocenters. The molecule has 3 rings (SSSR count). The molecule has 0 spiro atoms. The Morgan fingerprint density at radius 3 is 2.47 bits per heavy atom. The van der Waals surface area contributed by atoms with E-state index in [2.05, 4.69) is 39.8 Å². The monoisotopic (exact) mass is 411 g/mol. The molecule has 0 amide bonds. The molecule has 3 aromatic rings. The summed E-state index contributed by atoms with van der Waals surface area (Å²) in [4.78, 5) is 8.28. The molecule has 0 fully saturated rings. The van der Waals surface area contributed by atoms with E-state index < -0.39 is 5.82 Å². The maximum absolute atomic E-state index is 14.2. The molecule has 0 aliphatic carbocycles. The van der Waals surface area contributed by atoms with Crippen molar-refractivity contribution in [3.05, 3.63) is 60.5 Å². The molecule has 0 radical (unpaired) electrons. The van der Waals surface area contributed by atoms with Gasteiger partial charge < -0.3 is 25.4 Å². The van der Waals surface area contributed by atoms with Gasteiger partial charge in [-0.05, 0) is 56.3 Å². The van der Waals surface area contributed by atoms with Crippen LogP contribution in [0.5, 0.6) is 5.75 Å². The Balaban J connectivity index is 1.68. The Morgan fingerprint density at radius 1 is 0.967 bits per heavy atom. The second-order valence-electron chi connectivity index (χ2n) is 6.89. The number of ether oxygens (including phenoxy) is 2. The quantitative estimate of drug-likeness (QED) is 0.407. The maximum Gasteiger partial charge on any atom is 0.229 e. The number of aromatic nitrogens is 2. The highest BCUT2D eigenvalue weighted by Gasteiger charge is 2.09. The summed E-state index contributed by atoms with van der Waals surface area (Å²) in [5.41, 5.74) is 2.42. The third-order valence-corrected chi connectivity index (χ3v) is 3.99. The van der Waals surface area contributed by atoms with Gasteiger partial charge in [-0.15, -0.1) is 0 Å². The first kappa shape index (κ1) is 21.3. The normalized spacial score (nSPS) is 10.7. The third kappa shape index (κ3) is 6.31. The second kappa shape index (κ2) is 10.4. The Kier molecular flexibility index (Phi) is 7.40. The van der Waals surface area contributed by atoms with Crippen molar-refractivity contribution in [1.29, 1.82) is 0 Å². The molecule has 158 valence electrons. The largest absolute Gasteiger partial charge is 0.491 e. The van der Waals surface area contributed by atoms with Crippen LogP contribution >= 0.6 is 0 Å². The Labute approximate surface area is 175 Å². The van der Waals surface area contributed by atoms with E-state index in [1.165, 1.54) is 0 Å². The number of benzene rings is 2. The van der Waals surface area contributed by atoms with E-state index in [0.29, 0.717) is 19.3 Å². The summed E-state index contributed by atoms with van der Waals surface area (Å²) in [6.07, 6.45) is 1.14. The summed E-state index contributed by atoms with van der Waals surface area (Å²) in [5.74, 6) is 0.566. The van der Waals surface area contributed by atoms with Crippen LogP contribution in [0.3, 0.4) is 0 Å². The first-order chi connectivity index (χ1) is 14.5. The molecule has 0 saturated carbocycles. The first-order valence-corrected chi connectivity index (χ1v) is 9.68. The Bertz CT molecular complexity index is 951. The average Bonchev–Trinajstić information content (AvgIpc) is 2.72. The number of methoxy groups -OCH3 is 1. The molecule has 2 aromatic carbocycles. The lowest BCUT2D eigenvalue weighted by Gasteiger charge is -2.13. The minimum atomic E-state index is -0.537. The molecule has 0 bridgehead atoms. The highest BCUT2D eigenvalue weighted by atomic mass is 19.1. The molecule has 0 saturated heterocycles. The van der Waals surface area contributed by atoms with E-state index in [4.69, 9.17) is 9.47 Å². The van der Waals surface area contributed by atoms with E-state index >= 15 is 0 Å². The maximum atomic E-state index is 14.2. The van der Waals surface area contributed by atoms with Crippen molar-refractivity contribution < 1.29 is 13.9 Å². The van der Waals surface area contributed by atoms with Crippen molar-refractivity contribution >= 4 is 28.8 Å². The van der Waals surface area contributed by atoms with Crippen LogP contribution in [-0.4, -0.2) is 36.3 Å². The van der Waals surface area contributed by atoms with Crippen molar-refractivity contribution in [1.82, 2.24) is 9.97 Å². The lowest BCUT2D eigenvalue weighted by Crippen LogP contribution is -2.09. The van der Waals surface area contributed by atoms with Crippen LogP contribution in [0.15, 0.2) is 54.7 Å². The van der Waals surface area contributed by atoms with E-state index in [9.17, 15) is 4.39 Å². The zero-order chi connectivity index (χ0) is 21.3. The minimum absolute atomic E-state index is 0.0914. The van der Waals surface area contributed by atoms with Gasteiger partial charge in [-0.1, -0.05) is 6.07 Å². The SMILES string of the molecule is COCCOc1ccc(Nc2ncc(F)c(Nc3cccc(NC(C)C)c3)n2)cc1. The van der Waals surface area contributed by atoms with Gasteiger partial charge >= 0.3 is 0 Å². The smallest absolute Gasteiger partial charge is 0.229 e. The van der Waals surface area contributed by atoms with Gasteiger partial charge in [-0.25, -0.2) is 9.37 Å². The Hall–Kier alpha value is -3.39. The number of halogens is 1. The van der Waals surface area contributed by atoms with E-state index in [0.717, 1.165) is 29.0 Å². The number of anilines is 5. The molecule has 30 heavy (non-hydrogen) atoms. The molecule has 0 atom stereocenters. The molecule has 8 heteroatoms. The van der Waals surface area contributed by atoms with Gasteiger partial charge in [0.1, 0.15) is 12.4 Å². The van der Waals surface area contributed by atoms with Gasteiger partial charge in [0.15, 0.2) is 11.6 Å². The molecule has 1 heterocycles. The molecular weight excluding hydrogens is 385 g/mol. The molecular formula is C22H26FN5O2. The minimum Gasteiger partial charge on any atom is -0.491 e. The summed E-state index contributed by atoms with van der Waals surface area (Å²) in [6.45, 7) is 5.11. The summed E-state index contributed by atoms with van der Waals surface area (Å²) in [7, 11) is 1.63. The van der Waals surface area contributed by atoms with Crippen LogP contribution in [0, 0.1) is 5.82 Å². The van der Waals surface area contributed by atoms with Gasteiger partial charge in [0, 0.05) is 30.2 Å². The highest BCUT2D eigenvalue weighted by molar-refractivity contribution is 5.64. The van der Waals surface area contributed by atoms with E-state index in [1.54, 1.807) is 7.11 Å². The number of hydrogen-bond acceptors (Lipinski definition) is 7. The highest BCUT2D eigenvalue weighted by Crippen LogP contribution is 2.23. The summed E-state index contributed by atoms with van der Waals surface area (Å²) >= 11 is 0. The summed E-state index contributed by atoms with van der Waals surface area (Å²) < 4.78 is 24.7. The molecule has 0 aliphatic heterocycles. The van der Waals surface area contributed by atoms with Crippen LogP contribution in [0.2, 0.25) is 0 Å². The average molecular weight is 411 g/mol. The van der Waals surface area contributed by atoms with Crippen molar-refractivity contribution in [3.8, 4) is 5.75 Å². The number of hydrogen-bond donors (Lipinski definition) is 3. The van der Waals surface area contributed by atoms with Crippen molar-refractivity contribution in [2.45, 2.75) is 19.9 Å². The molecule has 7 nitrogen and oxygen atoms in total. The number of nitrogens with one attached hydrogen (secondary N) is 3. The topological polar surface area (TPSA) is 80.3 Å². The summed E-state index contributed by atoms with van der Waals surface area (Å²) in [5, 5.41) is 9.39. The van der Waals surface area contributed by atoms with Crippen LogP contribution < -0.4 is 20.7 Å². The van der Waals surface area contributed by atoms with Crippen molar-refractivity contribution in [3.63, 3.8) is 0 Å². The standard InChI is InChI=1S/C22H26FN5O2/c1-15(2)25-17-5-4-6-18(13-17)26-21-20(23)14-24-22(28-21)27-16-7-9-19(10-8-16)30-12-11-29-3/h4-10,13-15,25H,11-12H2,1-3H3,(H2,24,26,27,28). The fourth-order valence-corrected chi connectivity index (χ4v) is 2.68. The predicted molar refractivity (Wildman–Crippen MR) is 118 cm³/mol. The van der Waals surface area contributed by atoms with Crippen molar-refractivity contribution in [2.75, 3.05) is 36.3 Å². The predicted octanol–water partition coefficient (Wildman–Crippen LogP) is 4.95. The fourth-order valence-electron chi connectivity index (χ4n) is 2.68. The molecule has 3 N–H and O–H groups in total. The second-order valence-corrected chi connectivity index (χ2v) is 6.89. The van der Waals surface area contributed by atoms with Crippen molar-refractivity contribution in [2.24, 2.45) is 0 Å². The van der Waals surface area contributed by atoms with E-state index in [1.807, 2.05) is 48.5 Å². The lowest BCUT2D eigenvalue weighted by molar-refractivity contribution is 0.146. The fraction of sp³-hybridized carbons (Fsp3) is 0.273.